The number of carbonyl (C=O) groups excluding carboxylic acids is 3. The van der Waals surface area contributed by atoms with E-state index in [2.05, 4.69) is 10.4 Å². The van der Waals surface area contributed by atoms with Crippen LogP contribution in [0.25, 0.3) is 0 Å². The molecule has 0 aliphatic carbocycles. The van der Waals surface area contributed by atoms with Crippen molar-refractivity contribution < 1.29 is 19.1 Å². The number of nitroso groups, excluding NO2 is 1. The summed E-state index contributed by atoms with van der Waals surface area (Å²) in [5, 5.41) is 6.89. The molecule has 0 radical (unpaired) electrons. The van der Waals surface area contributed by atoms with Crippen molar-refractivity contribution in [1.29, 1.82) is 0 Å². The largest absolute Gasteiger partial charge is 0.461 e. The molecule has 3 rings (SSSR count). The maximum atomic E-state index is 12.7. The molecule has 0 N–H and O–H groups in total. The zero-order valence-electron chi connectivity index (χ0n) is 13.0. The van der Waals surface area contributed by atoms with Crippen LogP contribution in [-0.2, 0) is 19.1 Å². The number of hydrazone groups is 1. The molecule has 2 amide bonds. The van der Waals surface area contributed by atoms with Crippen molar-refractivity contribution in [1.82, 2.24) is 5.12 Å². The number of carbonyl (C=O) groups is 3. The van der Waals surface area contributed by atoms with Gasteiger partial charge in [0.1, 0.15) is 5.92 Å². The number of ether oxygens (including phenoxy) is 1. The lowest BCUT2D eigenvalue weighted by Crippen LogP contribution is -2.36. The maximum absolute atomic E-state index is 12.7. The number of amides is 2. The number of aryl methyl sites for hydroxylation is 1. The zero-order chi connectivity index (χ0) is 17.4. The Kier molecular flexibility index (Phi) is 3.84. The number of esters is 1. The molecule has 1 aromatic carbocycles. The van der Waals surface area contributed by atoms with Gasteiger partial charge in [0.25, 0.3) is 5.91 Å². The van der Waals surface area contributed by atoms with Crippen molar-refractivity contribution in [3.05, 3.63) is 34.7 Å². The molecular weight excluding hydrogens is 316 g/mol. The number of fused-ring (bicyclic) bond motifs is 1. The van der Waals surface area contributed by atoms with Crippen molar-refractivity contribution in [2.24, 2.45) is 16.3 Å². The highest BCUT2D eigenvalue weighted by atomic mass is 16.5. The highest BCUT2D eigenvalue weighted by Gasteiger charge is 2.59. The minimum atomic E-state index is -1.25. The van der Waals surface area contributed by atoms with Crippen LogP contribution >= 0.6 is 0 Å². The fraction of sp³-hybridized carbons (Fsp3) is 0.333. The summed E-state index contributed by atoms with van der Waals surface area (Å²) in [6.45, 7) is 3.49. The second-order valence-electron chi connectivity index (χ2n) is 5.38. The lowest BCUT2D eigenvalue weighted by Gasteiger charge is -2.17. The molecule has 1 fully saturated rings. The Morgan fingerprint density at radius 2 is 2.08 bits per heavy atom. The van der Waals surface area contributed by atoms with Crippen LogP contribution in [0.15, 0.2) is 34.7 Å². The van der Waals surface area contributed by atoms with Crippen LogP contribution in [0.5, 0.6) is 0 Å². The van der Waals surface area contributed by atoms with Gasteiger partial charge >= 0.3 is 5.97 Å². The number of rotatable bonds is 4. The first-order valence-electron chi connectivity index (χ1n) is 7.32. The molecular formula is C15H14N4O5. The topological polar surface area (TPSA) is 109 Å². The molecule has 0 spiro atoms. The minimum Gasteiger partial charge on any atom is -0.461 e. The van der Waals surface area contributed by atoms with Gasteiger partial charge in [-0.25, -0.2) is 9.69 Å². The number of nitrogens with zero attached hydrogens (tertiary/aromatic N) is 4. The Labute approximate surface area is 136 Å². The standard InChI is InChI=1S/C15H14N4O5/c1-3-24-15(22)11-10-12(19(16-11)17-23)14(21)18(13(10)20)9-6-4-5-8(2)7-9/h4-7,10,12H,3H2,1-2H3/t10-,12+/m0/s1. The Bertz CT molecular complexity index is 775. The Hall–Kier alpha value is -3.10. The molecule has 0 aromatic heterocycles. The molecule has 2 aliphatic heterocycles. The Balaban J connectivity index is 2.02. The fourth-order valence-corrected chi connectivity index (χ4v) is 2.85. The van der Waals surface area contributed by atoms with Crippen LogP contribution in [0.4, 0.5) is 5.69 Å². The smallest absolute Gasteiger partial charge is 0.355 e. The van der Waals surface area contributed by atoms with Crippen LogP contribution < -0.4 is 4.90 Å². The van der Waals surface area contributed by atoms with Crippen molar-refractivity contribution in [2.75, 3.05) is 11.5 Å². The minimum absolute atomic E-state index is 0.0769. The van der Waals surface area contributed by atoms with Gasteiger partial charge in [0.2, 0.25) is 5.91 Å². The molecule has 124 valence electrons. The van der Waals surface area contributed by atoms with E-state index in [0.29, 0.717) is 10.8 Å². The lowest BCUT2D eigenvalue weighted by atomic mass is 9.98. The zero-order valence-corrected chi connectivity index (χ0v) is 13.0. The van der Waals surface area contributed by atoms with Crippen molar-refractivity contribution in [3.8, 4) is 0 Å². The van der Waals surface area contributed by atoms with E-state index >= 15 is 0 Å². The Morgan fingerprint density at radius 1 is 1.33 bits per heavy atom. The van der Waals surface area contributed by atoms with E-state index in [1.807, 2.05) is 13.0 Å². The Morgan fingerprint density at radius 3 is 2.71 bits per heavy atom. The van der Waals surface area contributed by atoms with Gasteiger partial charge in [-0.1, -0.05) is 12.1 Å². The number of hydrogen-bond acceptors (Lipinski definition) is 7. The van der Waals surface area contributed by atoms with Crippen LogP contribution in [0.1, 0.15) is 12.5 Å². The monoisotopic (exact) mass is 330 g/mol. The molecule has 1 aromatic rings. The van der Waals surface area contributed by atoms with E-state index in [-0.39, 0.29) is 12.3 Å². The molecule has 0 unspecified atom stereocenters. The third-order valence-electron chi connectivity index (χ3n) is 3.86. The average molecular weight is 330 g/mol. The summed E-state index contributed by atoms with van der Waals surface area (Å²) in [5.74, 6) is -3.33. The van der Waals surface area contributed by atoms with Gasteiger partial charge < -0.3 is 4.74 Å². The van der Waals surface area contributed by atoms with Gasteiger partial charge in [0, 0.05) is 0 Å². The van der Waals surface area contributed by atoms with Gasteiger partial charge in [-0.05, 0) is 31.5 Å². The normalized spacial score (nSPS) is 22.5. The van der Waals surface area contributed by atoms with E-state index in [1.165, 1.54) is 0 Å². The second kappa shape index (κ2) is 5.84. The summed E-state index contributed by atoms with van der Waals surface area (Å²) >= 11 is 0. The van der Waals surface area contributed by atoms with Crippen LogP contribution in [-0.4, -0.2) is 41.3 Å². The average Bonchev–Trinajstić information content (AvgIpc) is 3.05. The number of imide groups is 1. The molecule has 2 atom stereocenters. The summed E-state index contributed by atoms with van der Waals surface area (Å²) in [4.78, 5) is 49.3. The van der Waals surface area contributed by atoms with Gasteiger partial charge in [-0.15, -0.1) is 15.1 Å². The van der Waals surface area contributed by atoms with Gasteiger partial charge in [-0.2, -0.15) is 0 Å². The van der Waals surface area contributed by atoms with Crippen LogP contribution in [0.3, 0.4) is 0 Å². The summed E-state index contributed by atoms with van der Waals surface area (Å²) in [7, 11) is 0. The highest BCUT2D eigenvalue weighted by molar-refractivity contribution is 6.46. The maximum Gasteiger partial charge on any atom is 0.355 e. The third kappa shape index (κ3) is 2.25. The molecule has 2 aliphatic rings. The predicted octanol–water partition coefficient (Wildman–Crippen LogP) is 0.769. The number of anilines is 1. The molecule has 24 heavy (non-hydrogen) atoms. The van der Waals surface area contributed by atoms with Gasteiger partial charge in [0.15, 0.2) is 11.8 Å². The van der Waals surface area contributed by atoms with Crippen LogP contribution in [0.2, 0.25) is 0 Å². The van der Waals surface area contributed by atoms with E-state index in [1.54, 1.807) is 25.1 Å². The van der Waals surface area contributed by atoms with E-state index in [9.17, 15) is 19.3 Å². The molecule has 9 heteroatoms. The molecule has 1 saturated heterocycles. The highest BCUT2D eigenvalue weighted by Crippen LogP contribution is 2.35. The quantitative estimate of drug-likeness (QED) is 0.458. The SMILES string of the molecule is CCOC(=O)C1=NN(N=O)[C@H]2C(=O)N(c3cccc(C)c3)C(=O)[C@@H]12. The first kappa shape index (κ1) is 15.8. The van der Waals surface area contributed by atoms with E-state index in [4.69, 9.17) is 4.74 Å². The number of hydrogen-bond donors (Lipinski definition) is 0. The fourth-order valence-electron chi connectivity index (χ4n) is 2.85. The molecule has 2 heterocycles. The van der Waals surface area contributed by atoms with E-state index < -0.39 is 29.7 Å². The summed E-state index contributed by atoms with van der Waals surface area (Å²) in [6.07, 6.45) is 0. The third-order valence-corrected chi connectivity index (χ3v) is 3.86. The molecule has 0 bridgehead atoms. The van der Waals surface area contributed by atoms with E-state index in [0.717, 1.165) is 10.5 Å². The lowest BCUT2D eigenvalue weighted by molar-refractivity contribution is -0.136. The second-order valence-corrected chi connectivity index (χ2v) is 5.38. The van der Waals surface area contributed by atoms with Crippen molar-refractivity contribution >= 4 is 29.2 Å². The van der Waals surface area contributed by atoms with Crippen molar-refractivity contribution in [2.45, 2.75) is 19.9 Å². The predicted molar refractivity (Wildman–Crippen MR) is 82.7 cm³/mol. The van der Waals surface area contributed by atoms with Crippen LogP contribution in [0, 0.1) is 17.7 Å². The summed E-state index contributed by atoms with van der Waals surface area (Å²) in [5.41, 5.74) is 0.943. The molecule has 9 nitrogen and oxygen atoms in total. The summed E-state index contributed by atoms with van der Waals surface area (Å²) in [6, 6.07) is 5.53. The van der Waals surface area contributed by atoms with Gasteiger partial charge in [0.05, 0.1) is 17.6 Å². The first-order chi connectivity index (χ1) is 11.5. The van der Waals surface area contributed by atoms with Gasteiger partial charge in [-0.3, -0.25) is 9.59 Å². The first-order valence-corrected chi connectivity index (χ1v) is 7.32. The van der Waals surface area contributed by atoms with Crippen molar-refractivity contribution in [3.63, 3.8) is 0 Å². The number of benzene rings is 1. The summed E-state index contributed by atoms with van der Waals surface area (Å²) < 4.78 is 4.85. The molecule has 0 saturated carbocycles.